The van der Waals surface area contributed by atoms with E-state index in [1.54, 1.807) is 40.3 Å². The molecule has 0 unspecified atom stereocenters. The Hall–Kier alpha value is -7.49. The Morgan fingerprint density at radius 2 is 1.15 bits per heavy atom. The molecular formula is C47H56F4N16O6S. The lowest BCUT2D eigenvalue weighted by Gasteiger charge is -2.32. The predicted octanol–water partition coefficient (Wildman–Crippen LogP) is 5.19. The highest BCUT2D eigenvalue weighted by molar-refractivity contribution is 7.90. The summed E-state index contributed by atoms with van der Waals surface area (Å²) in [6.07, 6.45) is 6.63. The number of halogens is 4. The maximum Gasteiger partial charge on any atom is 0.260 e. The first-order valence-electron chi connectivity index (χ1n) is 23.7. The van der Waals surface area contributed by atoms with Crippen molar-refractivity contribution >= 4 is 39.2 Å². The topological polar surface area (TPSA) is 287 Å². The summed E-state index contributed by atoms with van der Waals surface area (Å²) in [6, 6.07) is 22.3. The van der Waals surface area contributed by atoms with E-state index in [-0.39, 0.29) is 49.4 Å². The number of aromatic nitrogens is 10. The van der Waals surface area contributed by atoms with Crippen molar-refractivity contribution in [2.24, 2.45) is 5.73 Å². The average molecular weight is 1050 g/mol. The molecule has 2 saturated heterocycles. The first-order chi connectivity index (χ1) is 35.5. The zero-order valence-corrected chi connectivity index (χ0v) is 41.2. The zero-order chi connectivity index (χ0) is 52.3. The molecule has 0 bridgehead atoms. The molecule has 74 heavy (non-hydrogen) atoms. The number of sulfone groups is 1. The van der Waals surface area contributed by atoms with Crippen LogP contribution in [0.25, 0.3) is 34.7 Å². The molecule has 0 aliphatic carbocycles. The van der Waals surface area contributed by atoms with Crippen LogP contribution in [0.3, 0.4) is 0 Å². The van der Waals surface area contributed by atoms with Gasteiger partial charge in [-0.2, -0.15) is 38.9 Å². The molecule has 2 aliphatic rings. The fraction of sp³-hybridized carbons (Fsp3) is 0.404. The van der Waals surface area contributed by atoms with Gasteiger partial charge in [0, 0.05) is 38.7 Å². The van der Waals surface area contributed by atoms with E-state index in [1.807, 2.05) is 48.5 Å². The lowest BCUT2D eigenvalue weighted by atomic mass is 10.1. The maximum atomic E-state index is 13.5. The summed E-state index contributed by atoms with van der Waals surface area (Å²) < 4.78 is 101. The van der Waals surface area contributed by atoms with E-state index in [9.17, 15) is 26.0 Å². The van der Waals surface area contributed by atoms with Gasteiger partial charge in [-0.25, -0.2) is 26.0 Å². The van der Waals surface area contributed by atoms with E-state index in [0.717, 1.165) is 41.5 Å². The van der Waals surface area contributed by atoms with Gasteiger partial charge in [-0.1, -0.05) is 24.3 Å². The number of anilines is 3. The van der Waals surface area contributed by atoms with Gasteiger partial charge in [0.15, 0.2) is 11.5 Å². The second-order valence-electron chi connectivity index (χ2n) is 17.5. The Bertz CT molecular complexity index is 3160. The molecule has 0 spiro atoms. The molecule has 8 aromatic rings. The lowest BCUT2D eigenvalue weighted by molar-refractivity contribution is -0.0661. The van der Waals surface area contributed by atoms with Crippen LogP contribution in [0.4, 0.5) is 35.4 Å². The number of piperidine rings is 2. The van der Waals surface area contributed by atoms with E-state index in [2.05, 4.69) is 45.4 Å². The van der Waals surface area contributed by atoms with Gasteiger partial charge >= 0.3 is 0 Å². The van der Waals surface area contributed by atoms with Crippen LogP contribution < -0.4 is 32.0 Å². The van der Waals surface area contributed by atoms with E-state index in [4.69, 9.17) is 35.5 Å². The molecule has 394 valence electrons. The third-order valence-corrected chi connectivity index (χ3v) is 12.4. The van der Waals surface area contributed by atoms with Crippen LogP contribution in [0.1, 0.15) is 36.8 Å². The van der Waals surface area contributed by atoms with Crippen molar-refractivity contribution in [2.75, 3.05) is 88.6 Å². The fourth-order valence-corrected chi connectivity index (χ4v) is 8.41. The van der Waals surface area contributed by atoms with Gasteiger partial charge < -0.3 is 40.8 Å². The van der Waals surface area contributed by atoms with Crippen molar-refractivity contribution < 1.29 is 44.3 Å². The highest BCUT2D eigenvalue weighted by Gasteiger charge is 2.36. The number of hydrogen-bond donors (Lipinski definition) is 4. The molecule has 10 rings (SSSR count). The van der Waals surface area contributed by atoms with Gasteiger partial charge in [0.25, 0.3) is 28.6 Å². The first-order valence-corrected chi connectivity index (χ1v) is 25.5. The highest BCUT2D eigenvalue weighted by atomic mass is 32.2. The van der Waals surface area contributed by atoms with E-state index >= 15 is 0 Å². The van der Waals surface area contributed by atoms with Crippen molar-refractivity contribution in [1.29, 1.82) is 0 Å². The monoisotopic (exact) mass is 1050 g/mol. The molecule has 0 saturated carbocycles. The Kier molecular flexibility index (Phi) is 16.8. The summed E-state index contributed by atoms with van der Waals surface area (Å²) >= 11 is 0. The molecule has 6 aromatic heterocycles. The van der Waals surface area contributed by atoms with Gasteiger partial charge in [-0.15, -0.1) is 10.2 Å². The Morgan fingerprint density at radius 3 is 1.61 bits per heavy atom. The number of fused-ring (bicyclic) bond motifs is 2. The predicted molar refractivity (Wildman–Crippen MR) is 265 cm³/mol. The standard InChI is InChI=1S/C23H26F2N8O2.C15H22F2N2O.C9H8N6O3S/c24-23(25)9-2-11-32(15-23)12-14-34-17-6-4-16(5-7-17)8-10-27-21-29-20(26)33-22(30-21)28-19(31-33)18-3-1-13-35-18;16-15(17)7-1-9-19(12-15)10-11-20-14-4-2-13(3-5-14)6-8-18;1-19(16,17)9-12-7(10)15-8(13-9)11-6(14-15)5-3-2-4-18-5/h1,3-7,13H,2,8-12,14-15H2,(H3,26,27,28,29,30,31);2-5H,1,6-12,18H2;2-4H,1H3,(H2,10,11,12,13,14). The second kappa shape index (κ2) is 23.6. The fourth-order valence-electron chi connectivity index (χ4n) is 7.91. The van der Waals surface area contributed by atoms with Gasteiger partial charge in [0.2, 0.25) is 39.3 Å². The zero-order valence-electron chi connectivity index (χ0n) is 40.4. The quantitative estimate of drug-likeness (QED) is 0.0854. The summed E-state index contributed by atoms with van der Waals surface area (Å²) in [4.78, 5) is 28.0. The number of hydrogen-bond acceptors (Lipinski definition) is 20. The number of likely N-dealkylation sites (tertiary alicyclic amines) is 2. The number of ether oxygens (including phenoxy) is 2. The third-order valence-electron chi connectivity index (χ3n) is 11.5. The summed E-state index contributed by atoms with van der Waals surface area (Å²) in [5, 5.41) is 11.1. The van der Waals surface area contributed by atoms with Crippen LogP contribution >= 0.6 is 0 Å². The number of rotatable bonds is 17. The first kappa shape index (κ1) is 52.8. The van der Waals surface area contributed by atoms with Crippen molar-refractivity contribution in [2.45, 2.75) is 55.5 Å². The molecule has 0 radical (unpaired) electrons. The largest absolute Gasteiger partial charge is 0.492 e. The number of benzene rings is 2. The summed E-state index contributed by atoms with van der Waals surface area (Å²) in [5.41, 5.74) is 19.4. The number of nitrogens with two attached hydrogens (primary N) is 3. The number of nitrogens with one attached hydrogen (secondary N) is 1. The molecule has 22 nitrogen and oxygen atoms in total. The molecule has 7 N–H and O–H groups in total. The van der Waals surface area contributed by atoms with Crippen LogP contribution in [0.2, 0.25) is 0 Å². The smallest absolute Gasteiger partial charge is 0.260 e. The van der Waals surface area contributed by atoms with Gasteiger partial charge in [0.1, 0.15) is 24.7 Å². The van der Waals surface area contributed by atoms with E-state index < -0.39 is 26.8 Å². The molecule has 8 heterocycles. The van der Waals surface area contributed by atoms with Gasteiger partial charge in [-0.3, -0.25) is 9.80 Å². The summed E-state index contributed by atoms with van der Waals surface area (Å²) in [6.45, 7) is 4.14. The van der Waals surface area contributed by atoms with Crippen molar-refractivity contribution in [1.82, 2.24) is 58.9 Å². The molecule has 2 aliphatic heterocycles. The minimum atomic E-state index is -3.57. The molecule has 2 aromatic carbocycles. The number of furan rings is 2. The number of nitrogen functional groups attached to an aromatic ring is 2. The summed E-state index contributed by atoms with van der Waals surface area (Å²) in [5.74, 6) is -1.31. The van der Waals surface area contributed by atoms with Crippen molar-refractivity contribution in [3.63, 3.8) is 0 Å². The molecular weight excluding hydrogens is 993 g/mol. The average Bonchev–Trinajstić information content (AvgIpc) is 4.21. The van der Waals surface area contributed by atoms with Crippen molar-refractivity contribution in [3.8, 4) is 34.7 Å². The van der Waals surface area contributed by atoms with E-state index in [1.165, 1.54) is 16.3 Å². The number of nitrogens with zero attached hydrogens (tertiary/aromatic N) is 12. The molecule has 2 fully saturated rings. The summed E-state index contributed by atoms with van der Waals surface area (Å²) in [7, 11) is -3.57. The molecule has 27 heteroatoms. The van der Waals surface area contributed by atoms with Crippen LogP contribution in [0.5, 0.6) is 11.5 Å². The maximum absolute atomic E-state index is 13.5. The van der Waals surface area contributed by atoms with Gasteiger partial charge in [-0.05, 0) is 105 Å². The second-order valence-corrected chi connectivity index (χ2v) is 19.4. The normalized spacial score (nSPS) is 15.8. The molecule has 0 atom stereocenters. The molecule has 0 amide bonds. The highest BCUT2D eigenvalue weighted by Crippen LogP contribution is 2.28. The SMILES string of the molecule is CS(=O)(=O)c1nc(N)n2nc(-c3ccco3)nc2n1.NCCc1ccc(OCCN2CCCC(F)(F)C2)cc1.Nc1nc(NCCc2ccc(OCCN3CCCC(F)(F)C3)cc2)nc2nc(-c3ccco3)nn12. The lowest BCUT2D eigenvalue weighted by Crippen LogP contribution is -2.44. The van der Waals surface area contributed by atoms with Crippen LogP contribution in [0.15, 0.2) is 99.3 Å². The van der Waals surface area contributed by atoms with Crippen LogP contribution in [0, 0.1) is 0 Å². The third kappa shape index (κ3) is 14.6. The van der Waals surface area contributed by atoms with Crippen LogP contribution in [-0.4, -0.2) is 151 Å². The van der Waals surface area contributed by atoms with Crippen LogP contribution in [-0.2, 0) is 22.7 Å². The Balaban J connectivity index is 0.000000159. The van der Waals surface area contributed by atoms with E-state index in [0.29, 0.717) is 93.6 Å². The number of alkyl halides is 4. The van der Waals surface area contributed by atoms with Gasteiger partial charge in [0.05, 0.1) is 25.6 Å². The van der Waals surface area contributed by atoms with Crippen molar-refractivity contribution in [3.05, 3.63) is 96.4 Å². The minimum Gasteiger partial charge on any atom is -0.492 e. The minimum absolute atomic E-state index is 0.00691. The Morgan fingerprint density at radius 1 is 0.662 bits per heavy atom. The Labute approximate surface area is 422 Å².